The van der Waals surface area contributed by atoms with Gasteiger partial charge in [-0.2, -0.15) is 0 Å². The second-order valence-corrected chi connectivity index (χ2v) is 5.78. The molecule has 0 aromatic rings. The molecular formula is C14H28N4O2. The maximum absolute atomic E-state index is 12.2. The van der Waals surface area contributed by atoms with Gasteiger partial charge >= 0.3 is 0 Å². The van der Waals surface area contributed by atoms with Gasteiger partial charge in [-0.15, -0.1) is 0 Å². The molecule has 2 amide bonds. The molecule has 1 unspecified atom stereocenters. The molecule has 1 rings (SSSR count). The van der Waals surface area contributed by atoms with Crippen molar-refractivity contribution in [3.63, 3.8) is 0 Å². The van der Waals surface area contributed by atoms with Crippen LogP contribution in [0.25, 0.3) is 0 Å². The first kappa shape index (κ1) is 16.9. The van der Waals surface area contributed by atoms with E-state index in [0.29, 0.717) is 26.2 Å². The molecule has 0 bridgehead atoms. The lowest BCUT2D eigenvalue weighted by atomic mass is 10.1. The van der Waals surface area contributed by atoms with Crippen molar-refractivity contribution in [2.24, 2.45) is 5.92 Å². The van der Waals surface area contributed by atoms with E-state index in [0.717, 1.165) is 13.1 Å². The minimum absolute atomic E-state index is 0.00999. The average molecular weight is 284 g/mol. The molecule has 1 atom stereocenters. The molecule has 116 valence electrons. The van der Waals surface area contributed by atoms with Gasteiger partial charge in [-0.25, -0.2) is 0 Å². The van der Waals surface area contributed by atoms with Gasteiger partial charge in [0.2, 0.25) is 11.8 Å². The number of nitrogens with zero attached hydrogens (tertiary/aromatic N) is 2. The maximum Gasteiger partial charge on any atom is 0.234 e. The molecule has 1 aliphatic rings. The van der Waals surface area contributed by atoms with Crippen LogP contribution in [-0.2, 0) is 9.59 Å². The number of amides is 2. The fourth-order valence-electron chi connectivity index (χ4n) is 2.40. The summed E-state index contributed by atoms with van der Waals surface area (Å²) in [6, 6.07) is 0.174. The van der Waals surface area contributed by atoms with Gasteiger partial charge < -0.3 is 15.5 Å². The summed E-state index contributed by atoms with van der Waals surface area (Å²) in [4.78, 5) is 27.8. The van der Waals surface area contributed by atoms with Crippen molar-refractivity contribution >= 4 is 11.8 Å². The largest absolute Gasteiger partial charge is 0.353 e. The number of carbonyl (C=O) groups excluding carboxylic acids is 2. The Bertz CT molecular complexity index is 325. The summed E-state index contributed by atoms with van der Waals surface area (Å²) in [6.45, 7) is 9.94. The quantitative estimate of drug-likeness (QED) is 0.691. The molecule has 0 saturated carbocycles. The van der Waals surface area contributed by atoms with Gasteiger partial charge in [-0.1, -0.05) is 6.92 Å². The minimum atomic E-state index is 0.00999. The van der Waals surface area contributed by atoms with Crippen LogP contribution in [0.2, 0.25) is 0 Å². The van der Waals surface area contributed by atoms with Gasteiger partial charge in [0.1, 0.15) is 0 Å². The number of hydrogen-bond donors (Lipinski definition) is 2. The van der Waals surface area contributed by atoms with E-state index in [9.17, 15) is 9.59 Å². The second-order valence-electron chi connectivity index (χ2n) is 5.78. The highest BCUT2D eigenvalue weighted by Gasteiger charge is 2.25. The average Bonchev–Trinajstić information content (AvgIpc) is 2.38. The maximum atomic E-state index is 12.2. The highest BCUT2D eigenvalue weighted by atomic mass is 16.2. The Morgan fingerprint density at radius 2 is 1.70 bits per heavy atom. The lowest BCUT2D eigenvalue weighted by Crippen LogP contribution is -2.53. The van der Waals surface area contributed by atoms with Gasteiger partial charge in [-0.05, 0) is 20.9 Å². The molecule has 6 heteroatoms. The molecule has 0 aromatic carbocycles. The van der Waals surface area contributed by atoms with Crippen molar-refractivity contribution in [1.82, 2.24) is 20.4 Å². The summed E-state index contributed by atoms with van der Waals surface area (Å²) in [5, 5.41) is 5.92. The van der Waals surface area contributed by atoms with Crippen LogP contribution in [0.4, 0.5) is 0 Å². The van der Waals surface area contributed by atoms with Crippen LogP contribution in [0, 0.1) is 5.92 Å². The first-order valence-electron chi connectivity index (χ1n) is 7.39. The monoisotopic (exact) mass is 284 g/mol. The second kappa shape index (κ2) is 8.21. The fraction of sp³-hybridized carbons (Fsp3) is 0.857. The molecule has 0 radical (unpaired) electrons. The topological polar surface area (TPSA) is 64.7 Å². The van der Waals surface area contributed by atoms with E-state index in [2.05, 4.69) is 15.5 Å². The molecule has 6 nitrogen and oxygen atoms in total. The Morgan fingerprint density at radius 1 is 1.10 bits per heavy atom. The summed E-state index contributed by atoms with van der Waals surface area (Å²) in [6.07, 6.45) is 0. The smallest absolute Gasteiger partial charge is 0.234 e. The third-order valence-corrected chi connectivity index (χ3v) is 3.43. The zero-order chi connectivity index (χ0) is 15.1. The lowest BCUT2D eigenvalue weighted by molar-refractivity contribution is -0.136. The van der Waals surface area contributed by atoms with Crippen molar-refractivity contribution in [3.05, 3.63) is 0 Å². The van der Waals surface area contributed by atoms with E-state index in [1.54, 1.807) is 0 Å². The molecule has 20 heavy (non-hydrogen) atoms. The highest BCUT2D eigenvalue weighted by molar-refractivity contribution is 5.79. The van der Waals surface area contributed by atoms with Gasteiger partial charge in [0.15, 0.2) is 0 Å². The van der Waals surface area contributed by atoms with Crippen LogP contribution in [-0.4, -0.2) is 74.0 Å². The Labute approximate surface area is 121 Å². The Hall–Kier alpha value is -1.14. The summed E-state index contributed by atoms with van der Waals surface area (Å²) in [7, 11) is 1.86. The predicted octanol–water partition coefficient (Wildman–Crippen LogP) is -0.489. The van der Waals surface area contributed by atoms with E-state index >= 15 is 0 Å². The molecule has 1 heterocycles. The molecule has 0 spiro atoms. The van der Waals surface area contributed by atoms with Crippen LogP contribution in [0.15, 0.2) is 0 Å². The van der Waals surface area contributed by atoms with Crippen molar-refractivity contribution in [3.8, 4) is 0 Å². The summed E-state index contributed by atoms with van der Waals surface area (Å²) < 4.78 is 0. The third-order valence-electron chi connectivity index (χ3n) is 3.43. The van der Waals surface area contributed by atoms with Crippen LogP contribution in [0.1, 0.15) is 20.8 Å². The zero-order valence-corrected chi connectivity index (χ0v) is 13.1. The van der Waals surface area contributed by atoms with E-state index in [1.165, 1.54) is 0 Å². The Balaban J connectivity index is 2.32. The predicted molar refractivity (Wildman–Crippen MR) is 79.4 cm³/mol. The van der Waals surface area contributed by atoms with Gasteiger partial charge in [-0.3, -0.25) is 14.5 Å². The number of rotatable bonds is 6. The number of carbonyl (C=O) groups is 2. The SMILES string of the molecule is CNCC(C)C(=O)N1CCN(CC(=O)NC(C)C)CC1. The Morgan fingerprint density at radius 3 is 2.20 bits per heavy atom. The highest BCUT2D eigenvalue weighted by Crippen LogP contribution is 2.07. The minimum Gasteiger partial charge on any atom is -0.353 e. The fourth-order valence-corrected chi connectivity index (χ4v) is 2.40. The molecule has 2 N–H and O–H groups in total. The van der Waals surface area contributed by atoms with Crippen LogP contribution < -0.4 is 10.6 Å². The summed E-state index contributed by atoms with van der Waals surface area (Å²) in [5.41, 5.74) is 0. The number of piperazine rings is 1. The van der Waals surface area contributed by atoms with Gasteiger partial charge in [0, 0.05) is 44.7 Å². The van der Waals surface area contributed by atoms with Crippen molar-refractivity contribution < 1.29 is 9.59 Å². The molecule has 1 saturated heterocycles. The molecule has 0 aromatic heterocycles. The summed E-state index contributed by atoms with van der Waals surface area (Å²) in [5.74, 6) is 0.268. The molecule has 1 fully saturated rings. The number of hydrogen-bond acceptors (Lipinski definition) is 4. The van der Waals surface area contributed by atoms with E-state index < -0.39 is 0 Å². The van der Waals surface area contributed by atoms with Gasteiger partial charge in [0.05, 0.1) is 6.54 Å². The van der Waals surface area contributed by atoms with Crippen molar-refractivity contribution in [2.45, 2.75) is 26.8 Å². The first-order valence-corrected chi connectivity index (χ1v) is 7.39. The first-order chi connectivity index (χ1) is 9.43. The van der Waals surface area contributed by atoms with Gasteiger partial charge in [0.25, 0.3) is 0 Å². The van der Waals surface area contributed by atoms with Crippen molar-refractivity contribution in [2.75, 3.05) is 46.3 Å². The van der Waals surface area contributed by atoms with Crippen LogP contribution in [0.5, 0.6) is 0 Å². The molecule has 1 aliphatic heterocycles. The summed E-state index contributed by atoms with van der Waals surface area (Å²) >= 11 is 0. The lowest BCUT2D eigenvalue weighted by Gasteiger charge is -2.35. The van der Waals surface area contributed by atoms with E-state index in [-0.39, 0.29) is 23.8 Å². The number of nitrogens with one attached hydrogen (secondary N) is 2. The zero-order valence-electron chi connectivity index (χ0n) is 13.1. The Kier molecular flexibility index (Phi) is 6.95. The van der Waals surface area contributed by atoms with E-state index in [4.69, 9.17) is 0 Å². The molecule has 0 aliphatic carbocycles. The van der Waals surface area contributed by atoms with Crippen LogP contribution in [0.3, 0.4) is 0 Å². The van der Waals surface area contributed by atoms with Crippen LogP contribution >= 0.6 is 0 Å². The van der Waals surface area contributed by atoms with Crippen molar-refractivity contribution in [1.29, 1.82) is 0 Å². The standard InChI is InChI=1S/C14H28N4O2/c1-11(2)16-13(19)10-17-5-7-18(8-6-17)14(20)12(3)9-15-4/h11-12,15H,5-10H2,1-4H3,(H,16,19). The third kappa shape index (κ3) is 5.46. The molecular weight excluding hydrogens is 256 g/mol. The van der Waals surface area contributed by atoms with E-state index in [1.807, 2.05) is 32.7 Å². The normalized spacial score (nSPS) is 18.1.